The van der Waals surface area contributed by atoms with E-state index in [1.54, 1.807) is 0 Å². The molecule has 1 N–H and O–H groups in total. The summed E-state index contributed by atoms with van der Waals surface area (Å²) in [7, 11) is 2.18. The molecule has 0 spiro atoms. The van der Waals surface area contributed by atoms with Crippen LogP contribution in [0.2, 0.25) is 0 Å². The van der Waals surface area contributed by atoms with E-state index in [-0.39, 0.29) is 0 Å². The molecular formula is C20H21N5. The van der Waals surface area contributed by atoms with Crippen LogP contribution >= 0.6 is 0 Å². The highest BCUT2D eigenvalue weighted by Gasteiger charge is 2.15. The van der Waals surface area contributed by atoms with Gasteiger partial charge in [-0.25, -0.2) is 4.98 Å². The molecule has 5 nitrogen and oxygen atoms in total. The molecule has 126 valence electrons. The number of anilines is 1. The second kappa shape index (κ2) is 6.58. The van der Waals surface area contributed by atoms with Crippen molar-refractivity contribution in [2.75, 3.05) is 38.1 Å². The molecule has 0 atom stereocenters. The Hall–Kier alpha value is -2.84. The van der Waals surface area contributed by atoms with Gasteiger partial charge in [-0.2, -0.15) is 5.26 Å². The summed E-state index contributed by atoms with van der Waals surface area (Å²) in [5, 5.41) is 10.3. The van der Waals surface area contributed by atoms with Crippen LogP contribution in [0.1, 0.15) is 12.0 Å². The van der Waals surface area contributed by atoms with E-state index in [1.165, 1.54) is 12.1 Å². The normalized spacial score (nSPS) is 15.9. The zero-order chi connectivity index (χ0) is 17.2. The smallest absolute Gasteiger partial charge is 0.138 e. The van der Waals surface area contributed by atoms with Crippen LogP contribution in [0, 0.1) is 11.3 Å². The van der Waals surface area contributed by atoms with Crippen molar-refractivity contribution in [1.82, 2.24) is 14.9 Å². The topological polar surface area (TPSA) is 58.9 Å². The number of fused-ring (bicyclic) bond motifs is 1. The largest absolute Gasteiger partial charge is 0.369 e. The number of nitriles is 1. The molecule has 1 aliphatic heterocycles. The fourth-order valence-corrected chi connectivity index (χ4v) is 3.47. The number of likely N-dealkylation sites (N-methyl/N-ethyl adjacent to an activating group) is 1. The maximum absolute atomic E-state index is 9.15. The molecule has 3 heterocycles. The highest BCUT2D eigenvalue weighted by atomic mass is 15.2. The molecule has 1 aliphatic rings. The molecule has 3 aromatic rings. The van der Waals surface area contributed by atoms with Crippen LogP contribution in [0.4, 0.5) is 5.69 Å². The van der Waals surface area contributed by atoms with Crippen LogP contribution in [0.25, 0.3) is 22.2 Å². The first-order chi connectivity index (χ1) is 12.2. The highest BCUT2D eigenvalue weighted by molar-refractivity contribution is 5.95. The third-order valence-electron chi connectivity index (χ3n) is 4.90. The quantitative estimate of drug-likeness (QED) is 0.783. The lowest BCUT2D eigenvalue weighted by Crippen LogP contribution is -2.28. The summed E-state index contributed by atoms with van der Waals surface area (Å²) in [6, 6.07) is 12.2. The van der Waals surface area contributed by atoms with E-state index < -0.39 is 0 Å². The minimum Gasteiger partial charge on any atom is -0.369 e. The molecule has 0 saturated carbocycles. The maximum Gasteiger partial charge on any atom is 0.138 e. The van der Waals surface area contributed by atoms with E-state index in [2.05, 4.69) is 39.0 Å². The van der Waals surface area contributed by atoms with Crippen molar-refractivity contribution in [2.24, 2.45) is 0 Å². The Morgan fingerprint density at radius 2 is 2.08 bits per heavy atom. The average molecular weight is 331 g/mol. The first kappa shape index (κ1) is 15.7. The second-order valence-corrected chi connectivity index (χ2v) is 6.63. The van der Waals surface area contributed by atoms with Crippen LogP contribution in [-0.2, 0) is 0 Å². The first-order valence-corrected chi connectivity index (χ1v) is 8.66. The number of H-pyrrole nitrogens is 1. The highest BCUT2D eigenvalue weighted by Crippen LogP contribution is 2.31. The molecule has 5 heteroatoms. The van der Waals surface area contributed by atoms with Gasteiger partial charge >= 0.3 is 0 Å². The average Bonchev–Trinajstić information content (AvgIpc) is 2.95. The van der Waals surface area contributed by atoms with Gasteiger partial charge in [0.25, 0.3) is 0 Å². The number of rotatable bonds is 2. The van der Waals surface area contributed by atoms with E-state index in [9.17, 15) is 0 Å². The van der Waals surface area contributed by atoms with Gasteiger partial charge in [0.2, 0.25) is 0 Å². The Kier molecular flexibility index (Phi) is 4.12. The van der Waals surface area contributed by atoms with Crippen molar-refractivity contribution in [3.63, 3.8) is 0 Å². The van der Waals surface area contributed by atoms with Gasteiger partial charge < -0.3 is 14.8 Å². The number of aromatic nitrogens is 2. The van der Waals surface area contributed by atoms with E-state index in [1.807, 2.05) is 36.7 Å². The number of nitrogens with one attached hydrogen (secondary N) is 1. The van der Waals surface area contributed by atoms with E-state index in [0.717, 1.165) is 48.3 Å². The molecule has 0 unspecified atom stereocenters. The molecule has 4 rings (SSSR count). The third-order valence-corrected chi connectivity index (χ3v) is 4.90. The van der Waals surface area contributed by atoms with Crippen LogP contribution < -0.4 is 4.90 Å². The van der Waals surface area contributed by atoms with E-state index in [0.29, 0.717) is 5.56 Å². The molecule has 2 aromatic heterocycles. The fraction of sp³-hybridized carbons (Fsp3) is 0.300. The summed E-state index contributed by atoms with van der Waals surface area (Å²) in [5.74, 6) is 0. The van der Waals surface area contributed by atoms with Crippen LogP contribution in [0.15, 0.2) is 42.7 Å². The Morgan fingerprint density at radius 3 is 2.96 bits per heavy atom. The van der Waals surface area contributed by atoms with Gasteiger partial charge in [0.1, 0.15) is 5.65 Å². The molecule has 1 aromatic carbocycles. The SMILES string of the molecule is CN1CCCN(c2cnc3[nH]cc(-c4cccc(C#N)c4)c3c2)CC1. The van der Waals surface area contributed by atoms with Gasteiger partial charge in [0, 0.05) is 36.8 Å². The predicted octanol–water partition coefficient (Wildman–Crippen LogP) is 3.24. The van der Waals surface area contributed by atoms with Crippen molar-refractivity contribution < 1.29 is 0 Å². The Balaban J connectivity index is 1.74. The van der Waals surface area contributed by atoms with Crippen molar-refractivity contribution in [2.45, 2.75) is 6.42 Å². The lowest BCUT2D eigenvalue weighted by Gasteiger charge is -2.22. The zero-order valence-electron chi connectivity index (χ0n) is 14.4. The van der Waals surface area contributed by atoms with Gasteiger partial charge in [-0.1, -0.05) is 12.1 Å². The van der Waals surface area contributed by atoms with Gasteiger partial charge in [-0.05, 0) is 43.8 Å². The van der Waals surface area contributed by atoms with Gasteiger partial charge in [0.15, 0.2) is 0 Å². The minimum atomic E-state index is 0.673. The number of hydrogen-bond acceptors (Lipinski definition) is 4. The third kappa shape index (κ3) is 3.09. The molecule has 1 saturated heterocycles. The standard InChI is InChI=1S/C20H21N5/c1-24-6-3-7-25(9-8-24)17-11-18-19(14-23-20(18)22-13-17)16-5-2-4-15(10-16)12-21/h2,4-5,10-11,13-14H,3,6-9H2,1H3,(H,22,23). The number of benzene rings is 1. The second-order valence-electron chi connectivity index (χ2n) is 6.63. The summed E-state index contributed by atoms with van der Waals surface area (Å²) in [6.45, 7) is 4.29. The van der Waals surface area contributed by atoms with Crippen LogP contribution in [-0.4, -0.2) is 48.1 Å². The molecule has 0 bridgehead atoms. The molecule has 0 amide bonds. The molecule has 1 fully saturated rings. The van der Waals surface area contributed by atoms with Crippen LogP contribution in [0.5, 0.6) is 0 Å². The summed E-state index contributed by atoms with van der Waals surface area (Å²) < 4.78 is 0. The summed E-state index contributed by atoms with van der Waals surface area (Å²) in [5.41, 5.74) is 4.85. The number of hydrogen-bond donors (Lipinski definition) is 1. The lowest BCUT2D eigenvalue weighted by molar-refractivity contribution is 0.360. The molecule has 0 aliphatic carbocycles. The Labute approximate surface area is 147 Å². The van der Waals surface area contributed by atoms with Crippen molar-refractivity contribution in [1.29, 1.82) is 5.26 Å². The van der Waals surface area contributed by atoms with Crippen molar-refractivity contribution in [3.8, 4) is 17.2 Å². The zero-order valence-corrected chi connectivity index (χ0v) is 14.4. The number of nitrogens with zero attached hydrogens (tertiary/aromatic N) is 4. The lowest BCUT2D eigenvalue weighted by atomic mass is 10.0. The Bertz CT molecular complexity index is 937. The van der Waals surface area contributed by atoms with Crippen molar-refractivity contribution >= 4 is 16.7 Å². The summed E-state index contributed by atoms with van der Waals surface area (Å²) >= 11 is 0. The number of aromatic amines is 1. The first-order valence-electron chi connectivity index (χ1n) is 8.66. The minimum absolute atomic E-state index is 0.673. The van der Waals surface area contributed by atoms with E-state index in [4.69, 9.17) is 5.26 Å². The summed E-state index contributed by atoms with van der Waals surface area (Å²) in [4.78, 5) is 12.7. The predicted molar refractivity (Wildman–Crippen MR) is 101 cm³/mol. The fourth-order valence-electron chi connectivity index (χ4n) is 3.47. The number of pyridine rings is 1. The van der Waals surface area contributed by atoms with Gasteiger partial charge in [0.05, 0.1) is 23.5 Å². The molecule has 25 heavy (non-hydrogen) atoms. The van der Waals surface area contributed by atoms with Crippen molar-refractivity contribution in [3.05, 3.63) is 48.3 Å². The van der Waals surface area contributed by atoms with Crippen LogP contribution in [0.3, 0.4) is 0 Å². The van der Waals surface area contributed by atoms with Gasteiger partial charge in [-0.3, -0.25) is 0 Å². The molecular weight excluding hydrogens is 310 g/mol. The summed E-state index contributed by atoms with van der Waals surface area (Å²) in [6.07, 6.45) is 5.10. The Morgan fingerprint density at radius 1 is 1.16 bits per heavy atom. The monoisotopic (exact) mass is 331 g/mol. The maximum atomic E-state index is 9.15. The molecule has 0 radical (unpaired) electrons. The van der Waals surface area contributed by atoms with E-state index >= 15 is 0 Å². The van der Waals surface area contributed by atoms with Gasteiger partial charge in [-0.15, -0.1) is 0 Å².